The smallest absolute Gasteiger partial charge is 0.424 e. The van der Waals surface area contributed by atoms with Crippen LogP contribution in [0, 0.1) is 0 Å². The van der Waals surface area contributed by atoms with Gasteiger partial charge in [0.15, 0.2) is 0 Å². The van der Waals surface area contributed by atoms with Crippen LogP contribution in [0.25, 0.3) is 0 Å². The van der Waals surface area contributed by atoms with E-state index in [1.54, 1.807) is 39.0 Å². The van der Waals surface area contributed by atoms with E-state index in [1.165, 1.54) is 6.07 Å². The Labute approximate surface area is 106 Å². The molecule has 0 saturated carbocycles. The van der Waals surface area contributed by atoms with Gasteiger partial charge in [-0.2, -0.15) is 4.31 Å². The van der Waals surface area contributed by atoms with Gasteiger partial charge in [-0.15, -0.1) is 0 Å². The predicted octanol–water partition coefficient (Wildman–Crippen LogP) is 2.13. The lowest BCUT2D eigenvalue weighted by atomic mass is 10.2. The fraction of sp³-hybridized carbons (Fsp3) is 0.417. The molecule has 0 N–H and O–H groups in total. The van der Waals surface area contributed by atoms with Gasteiger partial charge in [0.1, 0.15) is 5.60 Å². The SMILES string of the molecule is CC(C)(C)OC(=O)N1Cc2ccccc2S1(=O)=O. The maximum absolute atomic E-state index is 12.1. The Morgan fingerprint density at radius 1 is 1.28 bits per heavy atom. The third kappa shape index (κ3) is 2.20. The highest BCUT2D eigenvalue weighted by atomic mass is 32.2. The molecule has 0 aromatic heterocycles. The molecule has 0 fully saturated rings. The molecule has 5 nitrogen and oxygen atoms in total. The Bertz CT molecular complexity index is 586. The number of ether oxygens (including phenoxy) is 1. The van der Waals surface area contributed by atoms with Crippen LogP contribution in [0.4, 0.5) is 4.79 Å². The van der Waals surface area contributed by atoms with Crippen molar-refractivity contribution in [3.05, 3.63) is 29.8 Å². The molecule has 0 saturated heterocycles. The van der Waals surface area contributed by atoms with Crippen molar-refractivity contribution in [1.82, 2.24) is 4.31 Å². The number of carbonyl (C=O) groups is 1. The number of carbonyl (C=O) groups excluding carboxylic acids is 1. The summed E-state index contributed by atoms with van der Waals surface area (Å²) in [6, 6.07) is 6.56. The van der Waals surface area contributed by atoms with Crippen LogP contribution < -0.4 is 0 Å². The fourth-order valence-corrected chi connectivity index (χ4v) is 3.21. The molecule has 0 unspecified atom stereocenters. The molecule has 18 heavy (non-hydrogen) atoms. The topological polar surface area (TPSA) is 63.7 Å². The number of rotatable bonds is 0. The Kier molecular flexibility index (Phi) is 2.85. The molecule has 1 amide bonds. The molecule has 1 aromatic carbocycles. The number of hydrogen-bond donors (Lipinski definition) is 0. The van der Waals surface area contributed by atoms with E-state index in [2.05, 4.69) is 0 Å². The highest BCUT2D eigenvalue weighted by Gasteiger charge is 2.39. The van der Waals surface area contributed by atoms with E-state index in [9.17, 15) is 13.2 Å². The molecule has 0 spiro atoms. The van der Waals surface area contributed by atoms with Crippen LogP contribution in [-0.2, 0) is 21.3 Å². The van der Waals surface area contributed by atoms with Crippen LogP contribution in [0.15, 0.2) is 29.2 Å². The first-order chi connectivity index (χ1) is 8.22. The zero-order chi connectivity index (χ0) is 13.6. The second-order valence-electron chi connectivity index (χ2n) is 5.10. The summed E-state index contributed by atoms with van der Waals surface area (Å²) in [5.74, 6) is 0. The van der Waals surface area contributed by atoms with E-state index in [-0.39, 0.29) is 11.4 Å². The Balaban J connectivity index is 2.33. The number of nitrogens with zero attached hydrogens (tertiary/aromatic N) is 1. The normalized spacial score (nSPS) is 17.4. The minimum absolute atomic E-state index is 0.0351. The first kappa shape index (κ1) is 12.9. The highest BCUT2D eigenvalue weighted by molar-refractivity contribution is 7.90. The lowest BCUT2D eigenvalue weighted by Gasteiger charge is -2.23. The largest absolute Gasteiger partial charge is 0.443 e. The molecule has 6 heteroatoms. The van der Waals surface area contributed by atoms with Crippen LogP contribution in [0.1, 0.15) is 26.3 Å². The van der Waals surface area contributed by atoms with Gasteiger partial charge in [0.2, 0.25) is 0 Å². The Hall–Kier alpha value is -1.56. The van der Waals surface area contributed by atoms with Gasteiger partial charge in [-0.05, 0) is 32.4 Å². The van der Waals surface area contributed by atoms with Crippen LogP contribution in [-0.4, -0.2) is 24.4 Å². The average Bonchev–Trinajstić information content (AvgIpc) is 2.49. The minimum Gasteiger partial charge on any atom is -0.443 e. The quantitative estimate of drug-likeness (QED) is 0.723. The van der Waals surface area contributed by atoms with Gasteiger partial charge in [0, 0.05) is 0 Å². The molecule has 0 atom stereocenters. The van der Waals surface area contributed by atoms with Gasteiger partial charge < -0.3 is 4.74 Å². The van der Waals surface area contributed by atoms with Crippen LogP contribution in [0.5, 0.6) is 0 Å². The van der Waals surface area contributed by atoms with Crippen LogP contribution in [0.3, 0.4) is 0 Å². The third-order valence-electron chi connectivity index (χ3n) is 2.45. The van der Waals surface area contributed by atoms with Crippen LogP contribution in [0.2, 0.25) is 0 Å². The Morgan fingerprint density at radius 3 is 2.44 bits per heavy atom. The molecule has 0 aliphatic carbocycles. The summed E-state index contributed by atoms with van der Waals surface area (Å²) >= 11 is 0. The summed E-state index contributed by atoms with van der Waals surface area (Å²) in [5, 5.41) is 0. The van der Waals surface area contributed by atoms with Gasteiger partial charge in [0.05, 0.1) is 11.4 Å². The summed E-state index contributed by atoms with van der Waals surface area (Å²) in [4.78, 5) is 12.0. The van der Waals surface area contributed by atoms with Crippen molar-refractivity contribution in [2.24, 2.45) is 0 Å². The second kappa shape index (κ2) is 3.98. The molecule has 98 valence electrons. The van der Waals surface area contributed by atoms with E-state index in [0.29, 0.717) is 5.56 Å². The monoisotopic (exact) mass is 269 g/mol. The summed E-state index contributed by atoms with van der Waals surface area (Å²) < 4.78 is 30.1. The zero-order valence-electron chi connectivity index (χ0n) is 10.5. The average molecular weight is 269 g/mol. The van der Waals surface area contributed by atoms with Crippen molar-refractivity contribution in [2.75, 3.05) is 0 Å². The zero-order valence-corrected chi connectivity index (χ0v) is 11.3. The van der Waals surface area contributed by atoms with Crippen LogP contribution >= 0.6 is 0 Å². The first-order valence-corrected chi connectivity index (χ1v) is 6.99. The molecule has 0 radical (unpaired) electrons. The number of hydrogen-bond acceptors (Lipinski definition) is 4. The number of amides is 1. The molecular formula is C12H15NO4S. The minimum atomic E-state index is -3.76. The van der Waals surface area contributed by atoms with Crippen molar-refractivity contribution < 1.29 is 17.9 Å². The van der Waals surface area contributed by atoms with Crippen molar-refractivity contribution in [3.8, 4) is 0 Å². The third-order valence-corrected chi connectivity index (χ3v) is 4.26. The van der Waals surface area contributed by atoms with Gasteiger partial charge >= 0.3 is 6.09 Å². The van der Waals surface area contributed by atoms with Crippen molar-refractivity contribution >= 4 is 16.1 Å². The standard InChI is InChI=1S/C12H15NO4S/c1-12(2,3)17-11(14)13-8-9-6-4-5-7-10(9)18(13,15)16/h4-7H,8H2,1-3H3. The van der Waals surface area contributed by atoms with E-state index in [4.69, 9.17) is 4.74 Å². The first-order valence-electron chi connectivity index (χ1n) is 5.55. The van der Waals surface area contributed by atoms with Crippen molar-refractivity contribution in [3.63, 3.8) is 0 Å². The molecule has 1 heterocycles. The van der Waals surface area contributed by atoms with E-state index >= 15 is 0 Å². The second-order valence-corrected chi connectivity index (χ2v) is 6.93. The van der Waals surface area contributed by atoms with Crippen molar-refractivity contribution in [2.45, 2.75) is 37.8 Å². The molecule has 0 bridgehead atoms. The fourth-order valence-electron chi connectivity index (χ4n) is 1.72. The lowest BCUT2D eigenvalue weighted by molar-refractivity contribution is 0.0388. The summed E-state index contributed by atoms with van der Waals surface area (Å²) in [6.07, 6.45) is -0.835. The maximum atomic E-state index is 12.1. The van der Waals surface area contributed by atoms with Crippen molar-refractivity contribution in [1.29, 1.82) is 0 Å². The van der Waals surface area contributed by atoms with Gasteiger partial charge in [-0.1, -0.05) is 18.2 Å². The molecule has 2 rings (SSSR count). The highest BCUT2D eigenvalue weighted by Crippen LogP contribution is 2.31. The molecule has 1 aliphatic heterocycles. The summed E-state index contributed by atoms with van der Waals surface area (Å²) in [6.45, 7) is 5.12. The van der Waals surface area contributed by atoms with Gasteiger partial charge in [-0.3, -0.25) is 0 Å². The molecule has 1 aromatic rings. The van der Waals surface area contributed by atoms with Gasteiger partial charge in [0.25, 0.3) is 10.0 Å². The Morgan fingerprint density at radius 2 is 1.89 bits per heavy atom. The number of benzene rings is 1. The maximum Gasteiger partial charge on any atom is 0.424 e. The number of sulfonamides is 1. The summed E-state index contributed by atoms with van der Waals surface area (Å²) in [5.41, 5.74) is -0.107. The molecular weight excluding hydrogens is 254 g/mol. The predicted molar refractivity (Wildman–Crippen MR) is 65.4 cm³/mol. The molecule has 1 aliphatic rings. The van der Waals surface area contributed by atoms with E-state index < -0.39 is 21.7 Å². The number of fused-ring (bicyclic) bond motifs is 1. The summed E-state index contributed by atoms with van der Waals surface area (Å²) in [7, 11) is -3.76. The van der Waals surface area contributed by atoms with E-state index in [1.807, 2.05) is 0 Å². The van der Waals surface area contributed by atoms with E-state index in [0.717, 1.165) is 4.31 Å². The lowest BCUT2D eigenvalue weighted by Crippen LogP contribution is -2.36. The van der Waals surface area contributed by atoms with Gasteiger partial charge in [-0.25, -0.2) is 13.2 Å².